The molecule has 2 rings (SSSR count). The topological polar surface area (TPSA) is 156 Å². The predicted octanol–water partition coefficient (Wildman–Crippen LogP) is 3.64. The maximum absolute atomic E-state index is 10.9. The van der Waals surface area contributed by atoms with Crippen molar-refractivity contribution in [1.82, 2.24) is 19.9 Å². The molecule has 0 saturated heterocycles. The number of rotatable bonds is 6. The zero-order valence-electron chi connectivity index (χ0n) is 19.1. The maximum atomic E-state index is 10.9. The van der Waals surface area contributed by atoms with E-state index >= 15 is 0 Å². The van der Waals surface area contributed by atoms with Crippen molar-refractivity contribution in [3.8, 4) is 0 Å². The second kappa shape index (κ2) is 19.1. The third-order valence-electron chi connectivity index (χ3n) is 2.72. The third kappa shape index (κ3) is 18.2. The first-order valence-corrected chi connectivity index (χ1v) is 13.3. The van der Waals surface area contributed by atoms with Crippen molar-refractivity contribution in [3.05, 3.63) is 22.4 Å². The summed E-state index contributed by atoms with van der Waals surface area (Å²) in [7, 11) is -3.43. The molecule has 184 valence electrons. The second-order valence-electron chi connectivity index (χ2n) is 5.34. The van der Waals surface area contributed by atoms with Crippen LogP contribution in [-0.2, 0) is 19.3 Å². The van der Waals surface area contributed by atoms with E-state index in [0.29, 0.717) is 16.1 Å². The number of nitrogens with two attached hydrogens (primary N) is 2. The standard InChI is InChI=1S/C5H6ClN3O2S.C5H6ClN3S.2C4H10O/c1-12(10,11)5-8-3(6)2-4(7)9-5;1-10-5-8-3(6)2-4(7)9-5;2*1-3-5-4-2/h2H,1H3,(H2,7,8,9);2H,1H3,(H2,7,8,9);2*3-4H2,1-2H3. The van der Waals surface area contributed by atoms with Gasteiger partial charge in [-0.2, -0.15) is 0 Å². The molecule has 32 heavy (non-hydrogen) atoms. The quantitative estimate of drug-likeness (QED) is 0.319. The van der Waals surface area contributed by atoms with Gasteiger partial charge in [-0.05, 0) is 34.0 Å². The highest BCUT2D eigenvalue weighted by Gasteiger charge is 2.12. The molecule has 2 aromatic rings. The van der Waals surface area contributed by atoms with Crippen LogP contribution >= 0.6 is 35.0 Å². The van der Waals surface area contributed by atoms with Crippen LogP contribution in [0.15, 0.2) is 22.4 Å². The first kappa shape index (κ1) is 32.7. The summed E-state index contributed by atoms with van der Waals surface area (Å²) in [6, 6.07) is 2.79. The van der Waals surface area contributed by atoms with E-state index in [2.05, 4.69) is 19.9 Å². The van der Waals surface area contributed by atoms with Crippen molar-refractivity contribution in [3.63, 3.8) is 0 Å². The molecule has 4 N–H and O–H groups in total. The SMILES string of the molecule is CCOCC.CCOCC.CS(=O)(=O)c1nc(N)cc(Cl)n1.CSc1nc(N)cc(Cl)n1. The lowest BCUT2D eigenvalue weighted by molar-refractivity contribution is 0.162. The summed E-state index contributed by atoms with van der Waals surface area (Å²) in [5, 5.41) is 0.650. The highest BCUT2D eigenvalue weighted by molar-refractivity contribution is 7.98. The molecular weight excluding hydrogens is 499 g/mol. The summed E-state index contributed by atoms with van der Waals surface area (Å²) in [6.45, 7) is 11.3. The molecular formula is C18H32Cl2N6O4S2. The molecule has 0 fully saturated rings. The van der Waals surface area contributed by atoms with Gasteiger partial charge in [-0.15, -0.1) is 0 Å². The number of hydrogen-bond donors (Lipinski definition) is 2. The van der Waals surface area contributed by atoms with Crippen molar-refractivity contribution in [2.24, 2.45) is 0 Å². The molecule has 0 aliphatic heterocycles. The monoisotopic (exact) mass is 530 g/mol. The Kier molecular flexibility index (Phi) is 19.5. The molecule has 0 aliphatic carbocycles. The minimum absolute atomic E-state index is 0.0166. The van der Waals surface area contributed by atoms with Crippen LogP contribution in [0.25, 0.3) is 0 Å². The zero-order valence-corrected chi connectivity index (χ0v) is 22.3. The Morgan fingerprint density at radius 3 is 1.53 bits per heavy atom. The van der Waals surface area contributed by atoms with Crippen molar-refractivity contribution in [2.75, 3.05) is 50.4 Å². The van der Waals surface area contributed by atoms with Gasteiger partial charge in [0.2, 0.25) is 15.0 Å². The minimum atomic E-state index is -3.43. The van der Waals surface area contributed by atoms with Gasteiger partial charge in [0.05, 0.1) is 0 Å². The Bertz CT molecular complexity index is 826. The van der Waals surface area contributed by atoms with Crippen molar-refractivity contribution < 1.29 is 17.9 Å². The number of halogens is 2. The van der Waals surface area contributed by atoms with E-state index in [1.54, 1.807) is 0 Å². The van der Waals surface area contributed by atoms with Gasteiger partial charge in [0.1, 0.15) is 21.9 Å². The van der Waals surface area contributed by atoms with E-state index in [1.807, 2.05) is 34.0 Å². The molecule has 0 radical (unpaired) electrons. The highest BCUT2D eigenvalue weighted by atomic mass is 35.5. The molecule has 14 heteroatoms. The fourth-order valence-corrected chi connectivity index (χ4v) is 2.90. The first-order chi connectivity index (χ1) is 14.9. The minimum Gasteiger partial charge on any atom is -0.384 e. The third-order valence-corrected chi connectivity index (χ3v) is 4.50. The molecule has 0 aliphatic rings. The molecule has 0 saturated carbocycles. The van der Waals surface area contributed by atoms with Crippen LogP contribution < -0.4 is 11.5 Å². The van der Waals surface area contributed by atoms with E-state index in [9.17, 15) is 8.42 Å². The largest absolute Gasteiger partial charge is 0.384 e. The highest BCUT2D eigenvalue weighted by Crippen LogP contribution is 2.14. The number of nitrogens with zero attached hydrogens (tertiary/aromatic N) is 4. The van der Waals surface area contributed by atoms with Gasteiger partial charge in [0.25, 0.3) is 0 Å². The lowest BCUT2D eigenvalue weighted by Crippen LogP contribution is -2.06. The molecule has 2 heterocycles. The average molecular weight is 532 g/mol. The van der Waals surface area contributed by atoms with Crippen LogP contribution in [0.1, 0.15) is 27.7 Å². The van der Waals surface area contributed by atoms with E-state index in [-0.39, 0.29) is 16.1 Å². The first-order valence-electron chi connectivity index (χ1n) is 9.44. The van der Waals surface area contributed by atoms with Gasteiger partial charge >= 0.3 is 0 Å². The van der Waals surface area contributed by atoms with Gasteiger partial charge in [0.15, 0.2) is 5.16 Å². The summed E-state index contributed by atoms with van der Waals surface area (Å²) >= 11 is 12.5. The number of thioether (sulfide) groups is 1. The maximum Gasteiger partial charge on any atom is 0.250 e. The van der Waals surface area contributed by atoms with Crippen LogP contribution in [0.3, 0.4) is 0 Å². The van der Waals surface area contributed by atoms with Crippen molar-refractivity contribution in [1.29, 1.82) is 0 Å². The molecule has 0 aromatic carbocycles. The van der Waals surface area contributed by atoms with Gasteiger partial charge in [-0.1, -0.05) is 35.0 Å². The second-order valence-corrected chi connectivity index (χ2v) is 8.79. The molecule has 0 bridgehead atoms. The number of nitrogen functional groups attached to an aromatic ring is 2. The van der Waals surface area contributed by atoms with Gasteiger partial charge < -0.3 is 20.9 Å². The summed E-state index contributed by atoms with van der Waals surface area (Å²) in [5.41, 5.74) is 10.6. The Morgan fingerprint density at radius 2 is 1.25 bits per heavy atom. The number of sulfone groups is 1. The van der Waals surface area contributed by atoms with Crippen LogP contribution in [0.4, 0.5) is 11.6 Å². The van der Waals surface area contributed by atoms with E-state index in [4.69, 9.17) is 44.1 Å². The fraction of sp³-hybridized carbons (Fsp3) is 0.556. The number of hydrogen-bond acceptors (Lipinski definition) is 11. The van der Waals surface area contributed by atoms with Gasteiger partial charge in [0, 0.05) is 44.8 Å². The van der Waals surface area contributed by atoms with Gasteiger partial charge in [-0.3, -0.25) is 0 Å². The fourth-order valence-electron chi connectivity index (χ4n) is 1.49. The van der Waals surface area contributed by atoms with Crippen molar-refractivity contribution in [2.45, 2.75) is 38.0 Å². The number of anilines is 2. The summed E-state index contributed by atoms with van der Waals surface area (Å²) in [6.07, 6.45) is 2.85. The molecule has 2 aromatic heterocycles. The summed E-state index contributed by atoms with van der Waals surface area (Å²) in [4.78, 5) is 14.8. The van der Waals surface area contributed by atoms with Crippen LogP contribution in [0.2, 0.25) is 10.3 Å². The van der Waals surface area contributed by atoms with Crippen LogP contribution in [0, 0.1) is 0 Å². The molecule has 0 spiro atoms. The van der Waals surface area contributed by atoms with Crippen molar-refractivity contribution >= 4 is 56.4 Å². The molecule has 0 amide bonds. The Labute approximate surface area is 204 Å². The number of ether oxygens (including phenoxy) is 2. The smallest absolute Gasteiger partial charge is 0.250 e. The Balaban J connectivity index is 0. The Hall–Kier alpha value is -1.44. The lowest BCUT2D eigenvalue weighted by Gasteiger charge is -1.97. The Morgan fingerprint density at radius 1 is 0.844 bits per heavy atom. The average Bonchev–Trinajstić information content (AvgIpc) is 2.68. The molecule has 0 atom stereocenters. The number of aromatic nitrogens is 4. The molecule has 10 nitrogen and oxygen atoms in total. The van der Waals surface area contributed by atoms with E-state index < -0.39 is 9.84 Å². The summed E-state index contributed by atoms with van der Waals surface area (Å²) in [5.74, 6) is 0.444. The summed E-state index contributed by atoms with van der Waals surface area (Å²) < 4.78 is 31.5. The van der Waals surface area contributed by atoms with E-state index in [0.717, 1.165) is 32.7 Å². The van der Waals surface area contributed by atoms with Crippen LogP contribution in [-0.4, -0.2) is 67.3 Å². The molecule has 0 unspecified atom stereocenters. The zero-order chi connectivity index (χ0) is 25.2. The predicted molar refractivity (Wildman–Crippen MR) is 132 cm³/mol. The lowest BCUT2D eigenvalue weighted by atomic mass is 10.6. The normalized spacial score (nSPS) is 10.0. The van der Waals surface area contributed by atoms with Gasteiger partial charge in [-0.25, -0.2) is 28.4 Å². The van der Waals surface area contributed by atoms with E-state index in [1.165, 1.54) is 23.9 Å². The van der Waals surface area contributed by atoms with Crippen LogP contribution in [0.5, 0.6) is 0 Å².